The van der Waals surface area contributed by atoms with Gasteiger partial charge in [-0.3, -0.25) is 9.59 Å². The monoisotopic (exact) mass is 1020 g/mol. The third kappa shape index (κ3) is 30.0. The molecule has 0 spiro atoms. The molecule has 2 rings (SSSR count). The number of hydrogen-bond donors (Lipinski definition) is 7. The smallest absolute Gasteiger partial charge is 0.306 e. The van der Waals surface area contributed by atoms with Gasteiger partial charge in [0.1, 0.15) is 55.4 Å². The van der Waals surface area contributed by atoms with Crippen LogP contribution in [0.2, 0.25) is 0 Å². The number of unbranched alkanes of at least 4 members (excludes halogenated alkanes) is 10. The molecule has 2 saturated heterocycles. The second-order valence-electron chi connectivity index (χ2n) is 18.3. The van der Waals surface area contributed by atoms with Crippen molar-refractivity contribution >= 4 is 11.9 Å². The summed E-state index contributed by atoms with van der Waals surface area (Å²) in [4.78, 5) is 25.8. The van der Waals surface area contributed by atoms with Crippen molar-refractivity contribution in [2.45, 2.75) is 223 Å². The van der Waals surface area contributed by atoms with Crippen molar-refractivity contribution in [3.05, 3.63) is 97.2 Å². The lowest BCUT2D eigenvalue weighted by Crippen LogP contribution is -2.61. The van der Waals surface area contributed by atoms with E-state index in [2.05, 4.69) is 98.9 Å². The zero-order valence-electron chi connectivity index (χ0n) is 43.4. The Kier molecular flexibility index (Phi) is 38.3. The molecule has 11 atom stereocenters. The van der Waals surface area contributed by atoms with Crippen molar-refractivity contribution in [3.63, 3.8) is 0 Å². The summed E-state index contributed by atoms with van der Waals surface area (Å²) < 4.78 is 33.5. The van der Waals surface area contributed by atoms with Gasteiger partial charge in [0.05, 0.1) is 19.8 Å². The standard InChI is InChI=1S/C57H92O15/c1-3-5-7-9-11-13-15-17-19-21-22-24-26-28-30-32-34-36-38-40-49(60)70-45(42-67-48(59)39-37-35-33-31-29-27-25-23-20-18-16-14-12-10-8-6-4-2)43-68-56-55(66)53(64)51(62)47(72-56)44-69-57-54(65)52(63)50(61)46(41-58)71-57/h11-14,17-20,22,24-25,27-28,30,34,36,45-47,50-58,61-66H,3-10,15-16,21,23,26,29,31-33,35,37-44H2,1-2H3/b13-11+,14-12+,19-17+,20-18+,24-22+,27-25+,30-28+,36-34+/t45-,46+,47+,50-,51-,52?,53?,54?,55?,56+,57+/m1/s1. The van der Waals surface area contributed by atoms with E-state index in [-0.39, 0.29) is 19.4 Å². The van der Waals surface area contributed by atoms with Crippen LogP contribution >= 0.6 is 0 Å². The van der Waals surface area contributed by atoms with E-state index in [0.717, 1.165) is 70.6 Å². The maximum atomic E-state index is 13.0. The third-order valence-electron chi connectivity index (χ3n) is 12.0. The van der Waals surface area contributed by atoms with Gasteiger partial charge in [0.25, 0.3) is 0 Å². The van der Waals surface area contributed by atoms with Gasteiger partial charge in [-0.2, -0.15) is 0 Å². The van der Waals surface area contributed by atoms with E-state index in [1.54, 1.807) is 0 Å². The summed E-state index contributed by atoms with van der Waals surface area (Å²) in [5, 5.41) is 72.1. The van der Waals surface area contributed by atoms with Crippen LogP contribution in [0.25, 0.3) is 0 Å². The molecule has 0 aromatic rings. The van der Waals surface area contributed by atoms with Crippen molar-refractivity contribution in [1.29, 1.82) is 0 Å². The summed E-state index contributed by atoms with van der Waals surface area (Å²) >= 11 is 0. The summed E-state index contributed by atoms with van der Waals surface area (Å²) in [6, 6.07) is 0. The average molecular weight is 1020 g/mol. The lowest BCUT2D eigenvalue weighted by atomic mass is 9.98. The van der Waals surface area contributed by atoms with Crippen LogP contribution in [0.4, 0.5) is 0 Å². The minimum Gasteiger partial charge on any atom is -0.462 e. The van der Waals surface area contributed by atoms with Gasteiger partial charge in [-0.05, 0) is 89.9 Å². The molecule has 2 fully saturated rings. The quantitative estimate of drug-likeness (QED) is 0.0174. The van der Waals surface area contributed by atoms with E-state index in [9.17, 15) is 45.3 Å². The molecule has 72 heavy (non-hydrogen) atoms. The molecule has 4 unspecified atom stereocenters. The Morgan fingerprint density at radius 2 is 0.861 bits per heavy atom. The highest BCUT2D eigenvalue weighted by molar-refractivity contribution is 5.70. The number of esters is 2. The predicted molar refractivity (Wildman–Crippen MR) is 279 cm³/mol. The van der Waals surface area contributed by atoms with Gasteiger partial charge in [0, 0.05) is 12.8 Å². The predicted octanol–water partition coefficient (Wildman–Crippen LogP) is 8.15. The highest BCUT2D eigenvalue weighted by Gasteiger charge is 2.47. The zero-order chi connectivity index (χ0) is 52.4. The zero-order valence-corrected chi connectivity index (χ0v) is 43.4. The lowest BCUT2D eigenvalue weighted by molar-refractivity contribution is -0.332. The first kappa shape index (κ1) is 64.5. The molecule has 0 aromatic carbocycles. The summed E-state index contributed by atoms with van der Waals surface area (Å²) in [6.45, 7) is 2.41. The molecule has 0 amide bonds. The Balaban J connectivity index is 1.85. The molecular formula is C57H92O15. The Bertz CT molecular complexity index is 1620. The normalized spacial score (nSPS) is 25.8. The van der Waals surface area contributed by atoms with Crippen molar-refractivity contribution in [3.8, 4) is 0 Å². The van der Waals surface area contributed by atoms with Crippen LogP contribution in [0.15, 0.2) is 97.2 Å². The van der Waals surface area contributed by atoms with Crippen molar-refractivity contribution in [2.24, 2.45) is 0 Å². The second-order valence-corrected chi connectivity index (χ2v) is 18.3. The molecule has 7 N–H and O–H groups in total. The van der Waals surface area contributed by atoms with Crippen LogP contribution in [0.1, 0.15) is 155 Å². The molecule has 0 saturated carbocycles. The van der Waals surface area contributed by atoms with E-state index in [0.29, 0.717) is 19.3 Å². The number of carbonyl (C=O) groups is 2. The molecule has 2 heterocycles. The van der Waals surface area contributed by atoms with Crippen molar-refractivity contribution < 1.29 is 73.8 Å². The van der Waals surface area contributed by atoms with E-state index in [1.165, 1.54) is 38.5 Å². The number of carbonyl (C=O) groups excluding carboxylic acids is 2. The first-order valence-corrected chi connectivity index (χ1v) is 26.8. The van der Waals surface area contributed by atoms with Gasteiger partial charge in [-0.25, -0.2) is 0 Å². The summed E-state index contributed by atoms with van der Waals surface area (Å²) in [5.41, 5.74) is 0. The molecule has 2 aliphatic heterocycles. The number of rotatable bonds is 40. The lowest BCUT2D eigenvalue weighted by Gasteiger charge is -2.42. The molecule has 15 heteroatoms. The van der Waals surface area contributed by atoms with Gasteiger partial charge in [-0.1, -0.05) is 150 Å². The fourth-order valence-corrected chi connectivity index (χ4v) is 7.62. The molecule has 410 valence electrons. The van der Waals surface area contributed by atoms with E-state index < -0.39 is 99.3 Å². The van der Waals surface area contributed by atoms with Gasteiger partial charge >= 0.3 is 11.9 Å². The molecule has 0 aliphatic carbocycles. The number of aliphatic hydroxyl groups excluding tert-OH is 7. The fourth-order valence-electron chi connectivity index (χ4n) is 7.62. The molecule has 0 aromatic heterocycles. The number of ether oxygens (including phenoxy) is 6. The SMILES string of the molecule is CCCCC/C=C/C/C=C/C/C=C/C/C=C/C/C=C/CCC(=O)O[C@H](COC(=O)CCCCCC/C=C/C/C=C/C/C=C/CCCCC)CO[C@H]1O[C@@H](CO[C@H]2O[C@@H](CO)[C@@H](O)C(O)C2O)[C@@H](O)C(O)C1O. The van der Waals surface area contributed by atoms with Crippen molar-refractivity contribution in [1.82, 2.24) is 0 Å². The molecule has 2 aliphatic rings. The first-order valence-electron chi connectivity index (χ1n) is 26.8. The Hall–Kier alpha value is -3.58. The number of aliphatic hydroxyl groups is 7. The van der Waals surface area contributed by atoms with Crippen LogP contribution in [-0.4, -0.2) is 142 Å². The van der Waals surface area contributed by atoms with Crippen LogP contribution in [-0.2, 0) is 38.0 Å². The average Bonchev–Trinajstić information content (AvgIpc) is 3.37. The van der Waals surface area contributed by atoms with E-state index in [1.807, 2.05) is 12.2 Å². The minimum atomic E-state index is -1.79. The van der Waals surface area contributed by atoms with Crippen LogP contribution in [0.5, 0.6) is 0 Å². The Labute approximate surface area is 430 Å². The third-order valence-corrected chi connectivity index (χ3v) is 12.0. The molecule has 0 radical (unpaired) electrons. The van der Waals surface area contributed by atoms with Crippen LogP contribution in [0.3, 0.4) is 0 Å². The maximum absolute atomic E-state index is 13.0. The van der Waals surface area contributed by atoms with Crippen LogP contribution < -0.4 is 0 Å². The maximum Gasteiger partial charge on any atom is 0.306 e. The Morgan fingerprint density at radius 1 is 0.444 bits per heavy atom. The molecule has 0 bridgehead atoms. The second kappa shape index (κ2) is 42.7. The van der Waals surface area contributed by atoms with Gasteiger partial charge in [0.15, 0.2) is 18.7 Å². The molecule has 15 nitrogen and oxygen atoms in total. The van der Waals surface area contributed by atoms with Crippen LogP contribution in [0, 0.1) is 0 Å². The van der Waals surface area contributed by atoms with E-state index in [4.69, 9.17) is 28.4 Å². The number of hydrogen-bond acceptors (Lipinski definition) is 15. The summed E-state index contributed by atoms with van der Waals surface area (Å²) in [5.74, 6) is -1.06. The van der Waals surface area contributed by atoms with Gasteiger partial charge < -0.3 is 64.2 Å². The minimum absolute atomic E-state index is 0.0309. The first-order chi connectivity index (χ1) is 35.0. The molecular weight excluding hydrogens is 925 g/mol. The highest BCUT2D eigenvalue weighted by atomic mass is 16.7. The van der Waals surface area contributed by atoms with Crippen molar-refractivity contribution in [2.75, 3.05) is 26.4 Å². The van der Waals surface area contributed by atoms with Gasteiger partial charge in [0.2, 0.25) is 0 Å². The Morgan fingerprint density at radius 3 is 1.35 bits per heavy atom. The fraction of sp³-hybridized carbons (Fsp3) is 0.684. The topological polar surface area (TPSA) is 231 Å². The van der Waals surface area contributed by atoms with E-state index >= 15 is 0 Å². The number of allylic oxidation sites excluding steroid dienone is 16. The summed E-state index contributed by atoms with van der Waals surface area (Å²) in [7, 11) is 0. The largest absolute Gasteiger partial charge is 0.462 e. The highest BCUT2D eigenvalue weighted by Crippen LogP contribution is 2.26. The summed E-state index contributed by atoms with van der Waals surface area (Å²) in [6.07, 6.45) is 37.2. The van der Waals surface area contributed by atoms with Gasteiger partial charge in [-0.15, -0.1) is 0 Å².